The smallest absolute Gasteiger partial charge is 0.243 e. The second-order valence-electron chi connectivity index (χ2n) is 6.48. The molecule has 0 aliphatic heterocycles. The molecule has 5 nitrogen and oxygen atoms in total. The summed E-state index contributed by atoms with van der Waals surface area (Å²) in [5.74, 6) is -1.11. The highest BCUT2D eigenvalue weighted by Crippen LogP contribution is 2.25. The molecule has 1 N–H and O–H groups in total. The standard InChI is InChI=1S/C20H23Cl2FN2O3S/c1-2-3-4-12-24-20(26)14-25(13-17-18(22)6-5-7-19(17)23)29(27,28)16-10-8-15(21)9-11-16/h5-11H,2-4,12-14H2,1H3,(H,24,26). The van der Waals surface area contributed by atoms with E-state index in [2.05, 4.69) is 5.32 Å². The van der Waals surface area contributed by atoms with Crippen LogP contribution in [0.25, 0.3) is 0 Å². The lowest BCUT2D eigenvalue weighted by molar-refractivity contribution is -0.121. The summed E-state index contributed by atoms with van der Waals surface area (Å²) in [6.07, 6.45) is 2.75. The fourth-order valence-corrected chi connectivity index (χ4v) is 4.37. The number of amides is 1. The van der Waals surface area contributed by atoms with Crippen LogP contribution < -0.4 is 5.32 Å². The van der Waals surface area contributed by atoms with Crippen LogP contribution >= 0.6 is 23.2 Å². The van der Waals surface area contributed by atoms with Gasteiger partial charge >= 0.3 is 0 Å². The van der Waals surface area contributed by atoms with Crippen LogP contribution in [0.3, 0.4) is 0 Å². The zero-order chi connectivity index (χ0) is 21.4. The van der Waals surface area contributed by atoms with Crippen molar-refractivity contribution in [3.63, 3.8) is 0 Å². The van der Waals surface area contributed by atoms with Gasteiger partial charge in [-0.2, -0.15) is 4.31 Å². The van der Waals surface area contributed by atoms with E-state index in [1.165, 1.54) is 42.5 Å². The van der Waals surface area contributed by atoms with Crippen LogP contribution in [-0.4, -0.2) is 31.7 Å². The van der Waals surface area contributed by atoms with Gasteiger partial charge < -0.3 is 5.32 Å². The Kier molecular flexibility index (Phi) is 8.89. The number of carbonyl (C=O) groups excluding carboxylic acids is 1. The van der Waals surface area contributed by atoms with Crippen LogP contribution in [0.2, 0.25) is 10.0 Å². The van der Waals surface area contributed by atoms with Gasteiger partial charge in [0.25, 0.3) is 0 Å². The van der Waals surface area contributed by atoms with Crippen molar-refractivity contribution in [3.8, 4) is 0 Å². The lowest BCUT2D eigenvalue weighted by Gasteiger charge is -2.23. The van der Waals surface area contributed by atoms with Gasteiger partial charge in [0.1, 0.15) is 5.82 Å². The van der Waals surface area contributed by atoms with Gasteiger partial charge in [-0.15, -0.1) is 0 Å². The predicted octanol–water partition coefficient (Wildman–Crippen LogP) is 4.63. The molecule has 0 saturated carbocycles. The Hall–Kier alpha value is -1.67. The summed E-state index contributed by atoms with van der Waals surface area (Å²) >= 11 is 11.9. The van der Waals surface area contributed by atoms with E-state index in [-0.39, 0.29) is 22.0 Å². The van der Waals surface area contributed by atoms with Crippen LogP contribution in [0.1, 0.15) is 31.7 Å². The van der Waals surface area contributed by atoms with Gasteiger partial charge in [-0.1, -0.05) is 49.0 Å². The number of nitrogens with one attached hydrogen (secondary N) is 1. The lowest BCUT2D eigenvalue weighted by atomic mass is 10.2. The van der Waals surface area contributed by atoms with E-state index in [0.717, 1.165) is 23.6 Å². The van der Waals surface area contributed by atoms with E-state index in [0.29, 0.717) is 11.6 Å². The zero-order valence-electron chi connectivity index (χ0n) is 16.0. The summed E-state index contributed by atoms with van der Waals surface area (Å²) in [7, 11) is -4.09. The summed E-state index contributed by atoms with van der Waals surface area (Å²) in [5.41, 5.74) is 0.00508. The van der Waals surface area contributed by atoms with E-state index in [1.807, 2.05) is 6.92 Å². The Labute approximate surface area is 180 Å². The molecule has 0 radical (unpaired) electrons. The molecule has 0 aromatic heterocycles. The van der Waals surface area contributed by atoms with Gasteiger partial charge in [0.2, 0.25) is 15.9 Å². The Bertz CT molecular complexity index is 917. The van der Waals surface area contributed by atoms with Crippen LogP contribution in [0.5, 0.6) is 0 Å². The minimum atomic E-state index is -4.09. The molecule has 158 valence electrons. The van der Waals surface area contributed by atoms with Crippen LogP contribution in [0.4, 0.5) is 4.39 Å². The van der Waals surface area contributed by atoms with Crippen molar-refractivity contribution in [1.82, 2.24) is 9.62 Å². The van der Waals surface area contributed by atoms with Crippen LogP contribution in [-0.2, 0) is 21.4 Å². The fraction of sp³-hybridized carbons (Fsp3) is 0.350. The number of sulfonamides is 1. The number of unbranched alkanes of at least 4 members (excludes halogenated alkanes) is 2. The van der Waals surface area contributed by atoms with E-state index < -0.39 is 28.3 Å². The first-order valence-electron chi connectivity index (χ1n) is 9.21. The van der Waals surface area contributed by atoms with E-state index in [1.54, 1.807) is 0 Å². The minimum absolute atomic E-state index is 0.00508. The molecule has 29 heavy (non-hydrogen) atoms. The van der Waals surface area contributed by atoms with Gasteiger partial charge in [-0.3, -0.25) is 4.79 Å². The van der Waals surface area contributed by atoms with Crippen LogP contribution in [0.15, 0.2) is 47.4 Å². The summed E-state index contributed by atoms with van der Waals surface area (Å²) in [5, 5.41) is 3.17. The molecule has 0 fully saturated rings. The molecule has 0 aliphatic rings. The number of hydrogen-bond donors (Lipinski definition) is 1. The quantitative estimate of drug-likeness (QED) is 0.525. The number of halogens is 3. The predicted molar refractivity (Wildman–Crippen MR) is 113 cm³/mol. The van der Waals surface area contributed by atoms with Crippen molar-refractivity contribution in [3.05, 3.63) is 63.9 Å². The Balaban J connectivity index is 2.29. The topological polar surface area (TPSA) is 66.5 Å². The van der Waals surface area contributed by atoms with Crippen molar-refractivity contribution in [2.24, 2.45) is 0 Å². The summed E-state index contributed by atoms with van der Waals surface area (Å²) in [6, 6.07) is 9.65. The van der Waals surface area contributed by atoms with Crippen LogP contribution in [0, 0.1) is 5.82 Å². The van der Waals surface area contributed by atoms with E-state index >= 15 is 0 Å². The molecule has 2 aromatic rings. The van der Waals surface area contributed by atoms with Crippen molar-refractivity contribution < 1.29 is 17.6 Å². The maximum absolute atomic E-state index is 14.3. The molecule has 0 bridgehead atoms. The number of benzene rings is 2. The minimum Gasteiger partial charge on any atom is -0.355 e. The Morgan fingerprint density at radius 1 is 1.10 bits per heavy atom. The van der Waals surface area contributed by atoms with Crippen molar-refractivity contribution in [2.75, 3.05) is 13.1 Å². The number of rotatable bonds is 10. The fourth-order valence-electron chi connectivity index (χ4n) is 2.66. The Morgan fingerprint density at radius 2 is 1.79 bits per heavy atom. The SMILES string of the molecule is CCCCCNC(=O)CN(Cc1c(F)cccc1Cl)S(=O)(=O)c1ccc(Cl)cc1. The number of carbonyl (C=O) groups is 1. The first-order valence-corrected chi connectivity index (χ1v) is 11.4. The normalized spacial score (nSPS) is 11.6. The molecule has 0 spiro atoms. The van der Waals surface area contributed by atoms with Gasteiger partial charge in [0.15, 0.2) is 0 Å². The molecular weight excluding hydrogens is 438 g/mol. The zero-order valence-corrected chi connectivity index (χ0v) is 18.3. The second kappa shape index (κ2) is 10.9. The third kappa shape index (κ3) is 6.67. The molecule has 0 aliphatic carbocycles. The molecule has 0 saturated heterocycles. The summed E-state index contributed by atoms with van der Waals surface area (Å²) in [6.45, 7) is 1.66. The number of nitrogens with zero attached hydrogens (tertiary/aromatic N) is 1. The first kappa shape index (κ1) is 23.6. The van der Waals surface area contributed by atoms with E-state index in [9.17, 15) is 17.6 Å². The van der Waals surface area contributed by atoms with E-state index in [4.69, 9.17) is 23.2 Å². The maximum atomic E-state index is 14.3. The molecule has 2 rings (SSSR count). The summed E-state index contributed by atoms with van der Waals surface area (Å²) < 4.78 is 41.4. The largest absolute Gasteiger partial charge is 0.355 e. The third-order valence-electron chi connectivity index (χ3n) is 4.27. The average molecular weight is 461 g/mol. The first-order chi connectivity index (χ1) is 13.8. The Morgan fingerprint density at radius 3 is 2.41 bits per heavy atom. The maximum Gasteiger partial charge on any atom is 0.243 e. The number of hydrogen-bond acceptors (Lipinski definition) is 3. The summed E-state index contributed by atoms with van der Waals surface area (Å²) in [4.78, 5) is 12.3. The highest BCUT2D eigenvalue weighted by atomic mass is 35.5. The lowest BCUT2D eigenvalue weighted by Crippen LogP contribution is -2.40. The monoisotopic (exact) mass is 460 g/mol. The van der Waals surface area contributed by atoms with Gasteiger partial charge in [0, 0.05) is 28.7 Å². The highest BCUT2D eigenvalue weighted by molar-refractivity contribution is 7.89. The molecule has 1 amide bonds. The van der Waals surface area contributed by atoms with Gasteiger partial charge in [-0.25, -0.2) is 12.8 Å². The molecule has 9 heteroatoms. The van der Waals surface area contributed by atoms with Gasteiger partial charge in [0.05, 0.1) is 11.4 Å². The second-order valence-corrected chi connectivity index (χ2v) is 9.27. The van der Waals surface area contributed by atoms with Crippen molar-refractivity contribution in [2.45, 2.75) is 37.6 Å². The molecule has 0 atom stereocenters. The van der Waals surface area contributed by atoms with Crippen molar-refractivity contribution >= 4 is 39.1 Å². The highest BCUT2D eigenvalue weighted by Gasteiger charge is 2.28. The molecule has 2 aromatic carbocycles. The van der Waals surface area contributed by atoms with Gasteiger partial charge in [-0.05, 0) is 42.8 Å². The third-order valence-corrected chi connectivity index (χ3v) is 6.68. The molecule has 0 unspecified atom stereocenters. The van der Waals surface area contributed by atoms with Crippen molar-refractivity contribution in [1.29, 1.82) is 0 Å². The molecule has 0 heterocycles. The molecular formula is C20H23Cl2FN2O3S. The average Bonchev–Trinajstić information content (AvgIpc) is 2.67.